The minimum absolute atomic E-state index is 0.220. The Hall–Kier alpha value is -2.16. The van der Waals surface area contributed by atoms with E-state index >= 15 is 0 Å². The second-order valence-electron chi connectivity index (χ2n) is 4.83. The zero-order chi connectivity index (χ0) is 15.1. The number of nitrogens with one attached hydrogen (secondary N) is 1. The molecule has 3 heteroatoms. The van der Waals surface area contributed by atoms with Gasteiger partial charge in [0.2, 0.25) is 0 Å². The molecule has 112 valence electrons. The molecule has 0 saturated heterocycles. The lowest BCUT2D eigenvalue weighted by atomic mass is 10.1. The van der Waals surface area contributed by atoms with E-state index in [0.717, 1.165) is 17.2 Å². The number of hydrogen-bond acceptors (Lipinski definition) is 3. The molecule has 0 heterocycles. The van der Waals surface area contributed by atoms with E-state index in [9.17, 15) is 0 Å². The predicted octanol–water partition coefficient (Wildman–Crippen LogP) is 4.66. The minimum Gasteiger partial charge on any atom is -0.494 e. The first-order valence-electron chi connectivity index (χ1n) is 7.45. The summed E-state index contributed by atoms with van der Waals surface area (Å²) >= 11 is 0. The summed E-state index contributed by atoms with van der Waals surface area (Å²) in [6.07, 6.45) is 0. The lowest BCUT2D eigenvalue weighted by molar-refractivity contribution is 0.340. The highest BCUT2D eigenvalue weighted by atomic mass is 16.5. The number of benzene rings is 2. The summed E-state index contributed by atoms with van der Waals surface area (Å²) in [6, 6.07) is 16.5. The first kappa shape index (κ1) is 15.2. The highest BCUT2D eigenvalue weighted by Gasteiger charge is 2.06. The SMILES string of the molecule is CCOc1ccc(C(C)Nc2cccc(OCC)c2)cc1. The van der Waals surface area contributed by atoms with Gasteiger partial charge >= 0.3 is 0 Å². The molecule has 2 aromatic carbocycles. The van der Waals surface area contributed by atoms with Crippen LogP contribution in [0.4, 0.5) is 5.69 Å². The Morgan fingerprint density at radius 3 is 2.24 bits per heavy atom. The molecule has 0 radical (unpaired) electrons. The lowest BCUT2D eigenvalue weighted by Crippen LogP contribution is -2.06. The predicted molar refractivity (Wildman–Crippen MR) is 87.3 cm³/mol. The Bertz CT molecular complexity index is 551. The van der Waals surface area contributed by atoms with Gasteiger partial charge in [0.1, 0.15) is 11.5 Å². The topological polar surface area (TPSA) is 30.5 Å². The fraction of sp³-hybridized carbons (Fsp3) is 0.333. The van der Waals surface area contributed by atoms with Crippen LogP contribution in [-0.2, 0) is 0 Å². The fourth-order valence-corrected chi connectivity index (χ4v) is 2.20. The maximum absolute atomic E-state index is 5.52. The van der Waals surface area contributed by atoms with Gasteiger partial charge in [-0.25, -0.2) is 0 Å². The van der Waals surface area contributed by atoms with Crippen molar-refractivity contribution >= 4 is 5.69 Å². The molecule has 3 nitrogen and oxygen atoms in total. The summed E-state index contributed by atoms with van der Waals surface area (Å²) in [5, 5.41) is 3.49. The van der Waals surface area contributed by atoms with Gasteiger partial charge in [-0.05, 0) is 50.6 Å². The van der Waals surface area contributed by atoms with Gasteiger partial charge in [-0.15, -0.1) is 0 Å². The average Bonchev–Trinajstić information content (AvgIpc) is 2.49. The lowest BCUT2D eigenvalue weighted by Gasteiger charge is -2.17. The van der Waals surface area contributed by atoms with Crippen LogP contribution in [0.5, 0.6) is 11.5 Å². The summed E-state index contributed by atoms with van der Waals surface area (Å²) in [5.41, 5.74) is 2.28. The molecule has 0 fully saturated rings. The molecule has 0 aliphatic heterocycles. The monoisotopic (exact) mass is 285 g/mol. The van der Waals surface area contributed by atoms with Gasteiger partial charge in [-0.2, -0.15) is 0 Å². The van der Waals surface area contributed by atoms with Gasteiger partial charge in [0, 0.05) is 17.8 Å². The Morgan fingerprint density at radius 1 is 0.905 bits per heavy atom. The Labute approximate surface area is 126 Å². The number of anilines is 1. The first-order chi connectivity index (χ1) is 10.2. The van der Waals surface area contributed by atoms with Crippen LogP contribution in [0.3, 0.4) is 0 Å². The minimum atomic E-state index is 0.220. The van der Waals surface area contributed by atoms with Crippen molar-refractivity contribution in [3.05, 3.63) is 54.1 Å². The Kier molecular flexibility index (Phi) is 5.50. The molecule has 0 amide bonds. The van der Waals surface area contributed by atoms with Crippen molar-refractivity contribution in [2.45, 2.75) is 26.8 Å². The number of rotatable bonds is 7. The molecule has 0 spiro atoms. The maximum Gasteiger partial charge on any atom is 0.121 e. The third-order valence-electron chi connectivity index (χ3n) is 3.22. The molecule has 0 aliphatic rings. The molecule has 1 atom stereocenters. The van der Waals surface area contributed by atoms with Crippen molar-refractivity contribution in [1.29, 1.82) is 0 Å². The van der Waals surface area contributed by atoms with Gasteiger partial charge in [-0.3, -0.25) is 0 Å². The second kappa shape index (κ2) is 7.58. The van der Waals surface area contributed by atoms with Crippen LogP contribution in [-0.4, -0.2) is 13.2 Å². The van der Waals surface area contributed by atoms with Gasteiger partial charge in [0.15, 0.2) is 0 Å². The fourth-order valence-electron chi connectivity index (χ4n) is 2.20. The van der Waals surface area contributed by atoms with Crippen molar-refractivity contribution < 1.29 is 9.47 Å². The van der Waals surface area contributed by atoms with E-state index in [2.05, 4.69) is 24.4 Å². The van der Waals surface area contributed by atoms with Crippen LogP contribution in [0.15, 0.2) is 48.5 Å². The molecule has 2 aromatic rings. The highest BCUT2D eigenvalue weighted by Crippen LogP contribution is 2.24. The zero-order valence-electron chi connectivity index (χ0n) is 12.9. The van der Waals surface area contributed by atoms with Crippen molar-refractivity contribution in [1.82, 2.24) is 0 Å². The van der Waals surface area contributed by atoms with Crippen LogP contribution in [0.1, 0.15) is 32.4 Å². The largest absolute Gasteiger partial charge is 0.494 e. The van der Waals surface area contributed by atoms with E-state index in [0.29, 0.717) is 13.2 Å². The number of hydrogen-bond donors (Lipinski definition) is 1. The zero-order valence-corrected chi connectivity index (χ0v) is 12.9. The van der Waals surface area contributed by atoms with Gasteiger partial charge < -0.3 is 14.8 Å². The summed E-state index contributed by atoms with van der Waals surface area (Å²) in [6.45, 7) is 7.49. The van der Waals surface area contributed by atoms with Crippen LogP contribution < -0.4 is 14.8 Å². The van der Waals surface area contributed by atoms with E-state index in [1.165, 1.54) is 5.56 Å². The maximum atomic E-state index is 5.52. The third-order valence-corrected chi connectivity index (χ3v) is 3.22. The smallest absolute Gasteiger partial charge is 0.121 e. The molecular formula is C18H23NO2. The van der Waals surface area contributed by atoms with E-state index in [1.54, 1.807) is 0 Å². The van der Waals surface area contributed by atoms with E-state index in [1.807, 2.05) is 50.2 Å². The van der Waals surface area contributed by atoms with Gasteiger partial charge in [0.05, 0.1) is 13.2 Å². The first-order valence-corrected chi connectivity index (χ1v) is 7.45. The highest BCUT2D eigenvalue weighted by molar-refractivity contribution is 5.50. The summed E-state index contributed by atoms with van der Waals surface area (Å²) in [5.74, 6) is 1.80. The van der Waals surface area contributed by atoms with Crippen LogP contribution in [0, 0.1) is 0 Å². The standard InChI is InChI=1S/C18H23NO2/c1-4-20-17-11-9-15(10-12-17)14(3)19-16-7-6-8-18(13-16)21-5-2/h6-14,19H,4-5H2,1-3H3. The van der Waals surface area contributed by atoms with Crippen molar-refractivity contribution in [2.24, 2.45) is 0 Å². The summed E-state index contributed by atoms with van der Waals surface area (Å²) in [7, 11) is 0. The second-order valence-corrected chi connectivity index (χ2v) is 4.83. The van der Waals surface area contributed by atoms with Crippen LogP contribution >= 0.6 is 0 Å². The molecule has 21 heavy (non-hydrogen) atoms. The molecule has 0 bridgehead atoms. The van der Waals surface area contributed by atoms with Crippen LogP contribution in [0.25, 0.3) is 0 Å². The molecule has 2 rings (SSSR count). The van der Waals surface area contributed by atoms with Crippen molar-refractivity contribution in [3.8, 4) is 11.5 Å². The van der Waals surface area contributed by atoms with E-state index in [4.69, 9.17) is 9.47 Å². The summed E-state index contributed by atoms with van der Waals surface area (Å²) in [4.78, 5) is 0. The molecule has 0 aliphatic carbocycles. The van der Waals surface area contributed by atoms with E-state index < -0.39 is 0 Å². The van der Waals surface area contributed by atoms with Crippen LogP contribution in [0.2, 0.25) is 0 Å². The quantitative estimate of drug-likeness (QED) is 0.802. The Morgan fingerprint density at radius 2 is 1.57 bits per heavy atom. The van der Waals surface area contributed by atoms with Gasteiger partial charge in [-0.1, -0.05) is 18.2 Å². The third kappa shape index (κ3) is 4.42. The summed E-state index contributed by atoms with van der Waals surface area (Å²) < 4.78 is 11.0. The molecule has 1 unspecified atom stereocenters. The van der Waals surface area contributed by atoms with Crippen molar-refractivity contribution in [3.63, 3.8) is 0 Å². The van der Waals surface area contributed by atoms with Gasteiger partial charge in [0.25, 0.3) is 0 Å². The van der Waals surface area contributed by atoms with E-state index in [-0.39, 0.29) is 6.04 Å². The Balaban J connectivity index is 2.03. The molecule has 0 saturated carbocycles. The molecule has 0 aromatic heterocycles. The van der Waals surface area contributed by atoms with Crippen molar-refractivity contribution in [2.75, 3.05) is 18.5 Å². The average molecular weight is 285 g/mol. The molecular weight excluding hydrogens is 262 g/mol. The number of ether oxygens (including phenoxy) is 2. The molecule has 1 N–H and O–H groups in total. The normalized spacial score (nSPS) is 11.8.